The van der Waals surface area contributed by atoms with Crippen LogP contribution in [0.5, 0.6) is 0 Å². The van der Waals surface area contributed by atoms with Crippen molar-refractivity contribution in [1.82, 2.24) is 4.90 Å². The van der Waals surface area contributed by atoms with Gasteiger partial charge in [0.25, 0.3) is 0 Å². The molecule has 0 saturated heterocycles. The summed E-state index contributed by atoms with van der Waals surface area (Å²) in [7, 11) is 0. The molecule has 0 saturated carbocycles. The van der Waals surface area contributed by atoms with Gasteiger partial charge in [0.05, 0.1) is 17.9 Å². The minimum absolute atomic E-state index is 0.0971. The number of aliphatic carboxylic acids is 1. The third-order valence-electron chi connectivity index (χ3n) is 7.93. The molecule has 4 aromatic rings. The fourth-order valence-corrected chi connectivity index (χ4v) is 5.52. The molecule has 0 heterocycles. The maximum absolute atomic E-state index is 13.4. The normalized spacial score (nSPS) is 11.8. The third kappa shape index (κ3) is 9.72. The molecule has 45 heavy (non-hydrogen) atoms. The van der Waals surface area contributed by atoms with E-state index in [1.807, 2.05) is 115 Å². The second kappa shape index (κ2) is 17.1. The summed E-state index contributed by atoms with van der Waals surface area (Å²) in [6.07, 6.45) is 4.62. The molecule has 6 nitrogen and oxygen atoms in total. The number of anilines is 1. The topological polar surface area (TPSA) is 82.0 Å². The van der Waals surface area contributed by atoms with Crippen LogP contribution in [0.1, 0.15) is 61.8 Å². The number of aliphatic imine (C=N–C) groups is 1. The summed E-state index contributed by atoms with van der Waals surface area (Å²) in [4.78, 5) is 34.3. The van der Waals surface area contributed by atoms with Crippen LogP contribution >= 0.6 is 0 Å². The van der Waals surface area contributed by atoms with Gasteiger partial charge in [-0.2, -0.15) is 0 Å². The van der Waals surface area contributed by atoms with Gasteiger partial charge in [-0.05, 0) is 43.1 Å². The van der Waals surface area contributed by atoms with E-state index in [0.29, 0.717) is 23.5 Å². The van der Waals surface area contributed by atoms with E-state index in [-0.39, 0.29) is 18.7 Å². The number of carbonyl (C=O) groups is 2. The molecule has 0 aromatic heterocycles. The lowest BCUT2D eigenvalue weighted by atomic mass is 9.84. The molecular formula is C39H45N3O3. The van der Waals surface area contributed by atoms with Crippen molar-refractivity contribution in [2.45, 2.75) is 57.9 Å². The van der Waals surface area contributed by atoms with Gasteiger partial charge in [-0.25, -0.2) is 4.79 Å². The van der Waals surface area contributed by atoms with Gasteiger partial charge >= 0.3 is 5.97 Å². The number of carboxylic acids is 1. The van der Waals surface area contributed by atoms with E-state index >= 15 is 0 Å². The molecule has 0 spiro atoms. The lowest BCUT2D eigenvalue weighted by molar-refractivity contribution is -0.143. The van der Waals surface area contributed by atoms with Crippen molar-refractivity contribution in [2.75, 3.05) is 25.0 Å². The van der Waals surface area contributed by atoms with Crippen molar-refractivity contribution in [3.63, 3.8) is 0 Å². The fraction of sp³-hybridized carbons (Fsp3) is 0.308. The van der Waals surface area contributed by atoms with Crippen LogP contribution in [-0.4, -0.2) is 52.8 Å². The van der Waals surface area contributed by atoms with Gasteiger partial charge in [0.2, 0.25) is 5.91 Å². The van der Waals surface area contributed by atoms with Gasteiger partial charge in [-0.15, -0.1) is 0 Å². The Labute approximate surface area is 267 Å². The lowest BCUT2D eigenvalue weighted by Gasteiger charge is -2.28. The molecule has 2 N–H and O–H groups in total. The number of nitrogens with zero attached hydrogens (tertiary/aromatic N) is 2. The smallest absolute Gasteiger partial charge is 0.332 e. The quantitative estimate of drug-likeness (QED) is 0.121. The molecule has 0 aliphatic rings. The molecule has 1 amide bonds. The molecule has 4 aromatic carbocycles. The highest BCUT2D eigenvalue weighted by atomic mass is 16.4. The highest BCUT2D eigenvalue weighted by Crippen LogP contribution is 2.29. The molecule has 6 heteroatoms. The summed E-state index contributed by atoms with van der Waals surface area (Å²) in [5, 5.41) is 14.1. The Morgan fingerprint density at radius 3 is 1.71 bits per heavy atom. The van der Waals surface area contributed by atoms with Crippen LogP contribution in [0.15, 0.2) is 120 Å². The zero-order valence-electron chi connectivity index (χ0n) is 26.5. The first-order chi connectivity index (χ1) is 21.9. The maximum atomic E-state index is 13.4. The van der Waals surface area contributed by atoms with E-state index in [0.717, 1.165) is 55.5 Å². The van der Waals surface area contributed by atoms with Gasteiger partial charge < -0.3 is 10.4 Å². The van der Waals surface area contributed by atoms with Crippen LogP contribution in [0.4, 0.5) is 5.69 Å². The second-order valence-electron chi connectivity index (χ2n) is 11.6. The molecule has 234 valence electrons. The standard InChI is InChI=1S/C39H45N3O3/c1-3-5-26-42(27-6-4-2)30-36(43)40-35-25-17-16-24-34(35)37(33-22-14-9-15-23-33)41-39(38(44)45,28-31-18-10-7-11-19-31)29-32-20-12-8-13-21-32/h7-25H,3-6,26-30H2,1-2H3,(H,40,43)(H,44,45). The number of benzene rings is 4. The van der Waals surface area contributed by atoms with E-state index in [1.54, 1.807) is 0 Å². The van der Waals surface area contributed by atoms with Crippen molar-refractivity contribution in [3.8, 4) is 0 Å². The van der Waals surface area contributed by atoms with Crippen molar-refractivity contribution in [2.24, 2.45) is 4.99 Å². The van der Waals surface area contributed by atoms with Crippen LogP contribution in [0, 0.1) is 0 Å². The third-order valence-corrected chi connectivity index (χ3v) is 7.93. The Balaban J connectivity index is 1.81. The summed E-state index contributed by atoms with van der Waals surface area (Å²) in [5.41, 5.74) is 2.84. The summed E-state index contributed by atoms with van der Waals surface area (Å²) in [6.45, 7) is 6.37. The minimum Gasteiger partial charge on any atom is -0.479 e. The number of unbranched alkanes of at least 4 members (excludes halogenated alkanes) is 2. The molecule has 0 atom stereocenters. The van der Waals surface area contributed by atoms with Crippen LogP contribution in [0.2, 0.25) is 0 Å². The molecule has 0 fully saturated rings. The van der Waals surface area contributed by atoms with Crippen LogP contribution < -0.4 is 5.32 Å². The lowest BCUT2D eigenvalue weighted by Crippen LogP contribution is -2.42. The number of nitrogens with one attached hydrogen (secondary N) is 1. The highest BCUT2D eigenvalue weighted by molar-refractivity contribution is 6.18. The van der Waals surface area contributed by atoms with Crippen LogP contribution in [0.3, 0.4) is 0 Å². The summed E-state index contributed by atoms with van der Waals surface area (Å²) < 4.78 is 0. The Hall–Kier alpha value is -4.55. The van der Waals surface area contributed by atoms with Gasteiger partial charge in [0, 0.05) is 24.0 Å². The monoisotopic (exact) mass is 603 g/mol. The Morgan fingerprint density at radius 1 is 0.711 bits per heavy atom. The van der Waals surface area contributed by atoms with Crippen molar-refractivity contribution in [1.29, 1.82) is 0 Å². The second-order valence-corrected chi connectivity index (χ2v) is 11.6. The van der Waals surface area contributed by atoms with E-state index in [2.05, 4.69) is 24.1 Å². The predicted octanol–water partition coefficient (Wildman–Crippen LogP) is 7.67. The first-order valence-electron chi connectivity index (χ1n) is 16.0. The van der Waals surface area contributed by atoms with Gasteiger partial charge in [0.1, 0.15) is 0 Å². The first-order valence-corrected chi connectivity index (χ1v) is 16.0. The van der Waals surface area contributed by atoms with Crippen molar-refractivity contribution in [3.05, 3.63) is 138 Å². The molecular weight excluding hydrogens is 558 g/mol. The van der Waals surface area contributed by atoms with Gasteiger partial charge in [-0.3, -0.25) is 14.7 Å². The SMILES string of the molecule is CCCCN(CCCC)CC(=O)Nc1ccccc1C(=NC(Cc1ccccc1)(Cc1ccccc1)C(=O)O)c1ccccc1. The Bertz CT molecular complexity index is 1470. The van der Waals surface area contributed by atoms with E-state index < -0.39 is 11.5 Å². The first kappa shape index (κ1) is 33.3. The highest BCUT2D eigenvalue weighted by Gasteiger charge is 2.40. The Kier molecular flexibility index (Phi) is 12.7. The molecule has 4 rings (SSSR count). The number of amides is 1. The Morgan fingerprint density at radius 2 is 1.20 bits per heavy atom. The summed E-state index contributed by atoms with van der Waals surface area (Å²) in [6, 6.07) is 36.5. The zero-order chi connectivity index (χ0) is 31.9. The van der Waals surface area contributed by atoms with E-state index in [9.17, 15) is 14.7 Å². The molecule has 0 bridgehead atoms. The molecule has 0 unspecified atom stereocenters. The van der Waals surface area contributed by atoms with E-state index in [1.165, 1.54) is 0 Å². The number of rotatable bonds is 17. The number of hydrogen-bond acceptors (Lipinski definition) is 4. The van der Waals surface area contributed by atoms with Crippen molar-refractivity contribution < 1.29 is 14.7 Å². The van der Waals surface area contributed by atoms with Gasteiger partial charge in [0.15, 0.2) is 5.54 Å². The fourth-order valence-electron chi connectivity index (χ4n) is 5.52. The summed E-state index contributed by atoms with van der Waals surface area (Å²) >= 11 is 0. The average Bonchev–Trinajstić information content (AvgIpc) is 3.06. The largest absolute Gasteiger partial charge is 0.479 e. The average molecular weight is 604 g/mol. The van der Waals surface area contributed by atoms with Crippen LogP contribution in [-0.2, 0) is 22.4 Å². The number of hydrogen-bond donors (Lipinski definition) is 2. The summed E-state index contributed by atoms with van der Waals surface area (Å²) in [5.74, 6) is -1.10. The molecule has 0 radical (unpaired) electrons. The zero-order valence-corrected chi connectivity index (χ0v) is 26.5. The van der Waals surface area contributed by atoms with Crippen molar-refractivity contribution >= 4 is 23.3 Å². The molecule has 0 aliphatic carbocycles. The van der Waals surface area contributed by atoms with Gasteiger partial charge in [-0.1, -0.05) is 136 Å². The number of carbonyl (C=O) groups excluding carboxylic acids is 1. The predicted molar refractivity (Wildman–Crippen MR) is 184 cm³/mol. The minimum atomic E-state index is -1.51. The molecule has 0 aliphatic heterocycles. The van der Waals surface area contributed by atoms with Crippen LogP contribution in [0.25, 0.3) is 0 Å². The maximum Gasteiger partial charge on any atom is 0.332 e. The number of carboxylic acid groups (broad SMARTS) is 1. The number of para-hydroxylation sites is 1. The van der Waals surface area contributed by atoms with E-state index in [4.69, 9.17) is 4.99 Å².